The summed E-state index contributed by atoms with van der Waals surface area (Å²) in [5.74, 6) is -0.379. The highest BCUT2D eigenvalue weighted by molar-refractivity contribution is 5.59. The second-order valence-corrected chi connectivity index (χ2v) is 4.27. The minimum atomic E-state index is -0.379. The molecule has 0 aliphatic rings. The number of nitrogens with zero attached hydrogens (tertiary/aromatic N) is 2. The summed E-state index contributed by atoms with van der Waals surface area (Å²) in [6.07, 6.45) is 0. The SMILES string of the molecule is CCN(Cc1ccccc1)c1ccc(F)cc1C#N. The molecule has 2 aromatic carbocycles. The van der Waals surface area contributed by atoms with E-state index >= 15 is 0 Å². The molecular weight excluding hydrogens is 239 g/mol. The quantitative estimate of drug-likeness (QED) is 0.831. The number of nitriles is 1. The van der Waals surface area contributed by atoms with Crippen LogP contribution in [0.15, 0.2) is 48.5 Å². The maximum atomic E-state index is 13.2. The van der Waals surface area contributed by atoms with Crippen molar-refractivity contribution in [2.75, 3.05) is 11.4 Å². The van der Waals surface area contributed by atoms with Crippen LogP contribution in [0.4, 0.5) is 10.1 Å². The fraction of sp³-hybridized carbons (Fsp3) is 0.188. The summed E-state index contributed by atoms with van der Waals surface area (Å²) >= 11 is 0. The van der Waals surface area contributed by atoms with Gasteiger partial charge in [-0.25, -0.2) is 4.39 Å². The van der Waals surface area contributed by atoms with Crippen LogP contribution in [0.2, 0.25) is 0 Å². The average molecular weight is 254 g/mol. The Morgan fingerprint density at radius 2 is 1.89 bits per heavy atom. The molecule has 0 unspecified atom stereocenters. The maximum Gasteiger partial charge on any atom is 0.124 e. The lowest BCUT2D eigenvalue weighted by molar-refractivity contribution is 0.627. The van der Waals surface area contributed by atoms with Crippen LogP contribution < -0.4 is 4.90 Å². The molecule has 2 rings (SSSR count). The van der Waals surface area contributed by atoms with Crippen LogP contribution in [-0.2, 0) is 6.54 Å². The first-order valence-corrected chi connectivity index (χ1v) is 6.23. The van der Waals surface area contributed by atoms with E-state index in [0.29, 0.717) is 12.1 Å². The van der Waals surface area contributed by atoms with Crippen molar-refractivity contribution < 1.29 is 4.39 Å². The molecule has 2 aromatic rings. The van der Waals surface area contributed by atoms with Gasteiger partial charge in [0.1, 0.15) is 11.9 Å². The third-order valence-electron chi connectivity index (χ3n) is 3.02. The molecule has 0 amide bonds. The smallest absolute Gasteiger partial charge is 0.124 e. The Bertz CT molecular complexity index is 587. The fourth-order valence-electron chi connectivity index (χ4n) is 2.04. The van der Waals surface area contributed by atoms with Crippen LogP contribution in [0.5, 0.6) is 0 Å². The number of benzene rings is 2. The molecule has 3 heteroatoms. The van der Waals surface area contributed by atoms with Gasteiger partial charge in [0, 0.05) is 13.1 Å². The van der Waals surface area contributed by atoms with Gasteiger partial charge in [-0.3, -0.25) is 0 Å². The minimum Gasteiger partial charge on any atom is -0.366 e. The van der Waals surface area contributed by atoms with Gasteiger partial charge in [-0.2, -0.15) is 5.26 Å². The average Bonchev–Trinajstić information content (AvgIpc) is 2.46. The van der Waals surface area contributed by atoms with Crippen molar-refractivity contribution in [3.63, 3.8) is 0 Å². The summed E-state index contributed by atoms with van der Waals surface area (Å²) in [6, 6.07) is 16.4. The van der Waals surface area contributed by atoms with Crippen LogP contribution in [-0.4, -0.2) is 6.54 Å². The van der Waals surface area contributed by atoms with Gasteiger partial charge < -0.3 is 4.90 Å². The molecule has 0 radical (unpaired) electrons. The van der Waals surface area contributed by atoms with Gasteiger partial charge in [0.2, 0.25) is 0 Å². The number of hydrogen-bond acceptors (Lipinski definition) is 2. The van der Waals surface area contributed by atoms with Crippen LogP contribution in [0.3, 0.4) is 0 Å². The predicted octanol–water partition coefficient (Wildman–Crippen LogP) is 3.72. The van der Waals surface area contributed by atoms with Crippen LogP contribution in [0.25, 0.3) is 0 Å². The zero-order valence-electron chi connectivity index (χ0n) is 10.8. The van der Waals surface area contributed by atoms with Gasteiger partial charge in [0.05, 0.1) is 11.3 Å². The highest BCUT2D eigenvalue weighted by Crippen LogP contribution is 2.22. The zero-order valence-corrected chi connectivity index (χ0v) is 10.8. The highest BCUT2D eigenvalue weighted by atomic mass is 19.1. The Morgan fingerprint density at radius 3 is 2.53 bits per heavy atom. The number of anilines is 1. The van der Waals surface area contributed by atoms with E-state index in [2.05, 4.69) is 11.0 Å². The molecule has 0 N–H and O–H groups in total. The summed E-state index contributed by atoms with van der Waals surface area (Å²) in [7, 11) is 0. The standard InChI is InChI=1S/C16H15FN2/c1-2-19(12-13-6-4-3-5-7-13)16-9-8-15(17)10-14(16)11-18/h3-10H,2,12H2,1H3. The van der Waals surface area contributed by atoms with E-state index in [9.17, 15) is 4.39 Å². The van der Waals surface area contributed by atoms with Crippen LogP contribution >= 0.6 is 0 Å². The topological polar surface area (TPSA) is 27.0 Å². The van der Waals surface area contributed by atoms with E-state index in [1.807, 2.05) is 37.3 Å². The molecule has 19 heavy (non-hydrogen) atoms. The molecule has 0 heterocycles. The van der Waals surface area contributed by atoms with E-state index in [1.165, 1.54) is 12.1 Å². The predicted molar refractivity (Wildman–Crippen MR) is 74.3 cm³/mol. The second-order valence-electron chi connectivity index (χ2n) is 4.27. The summed E-state index contributed by atoms with van der Waals surface area (Å²) in [6.45, 7) is 3.49. The first-order valence-electron chi connectivity index (χ1n) is 6.23. The van der Waals surface area contributed by atoms with Gasteiger partial charge in [0.25, 0.3) is 0 Å². The Balaban J connectivity index is 2.30. The molecular formula is C16H15FN2. The summed E-state index contributed by atoms with van der Waals surface area (Å²) in [4.78, 5) is 2.06. The van der Waals surface area contributed by atoms with Gasteiger partial charge >= 0.3 is 0 Å². The Kier molecular flexibility index (Phi) is 4.15. The lowest BCUT2D eigenvalue weighted by Gasteiger charge is -2.24. The minimum absolute atomic E-state index is 0.373. The lowest BCUT2D eigenvalue weighted by Crippen LogP contribution is -2.23. The van der Waals surface area contributed by atoms with Crippen LogP contribution in [0.1, 0.15) is 18.1 Å². The number of halogens is 1. The second kappa shape index (κ2) is 6.01. The van der Waals surface area contributed by atoms with Gasteiger partial charge in [-0.05, 0) is 30.7 Å². The van der Waals surface area contributed by atoms with E-state index in [4.69, 9.17) is 5.26 Å². The monoisotopic (exact) mass is 254 g/mol. The van der Waals surface area contributed by atoms with Gasteiger partial charge in [-0.15, -0.1) is 0 Å². The van der Waals surface area contributed by atoms with E-state index in [0.717, 1.165) is 17.8 Å². The molecule has 0 saturated heterocycles. The molecule has 0 aromatic heterocycles. The Morgan fingerprint density at radius 1 is 1.16 bits per heavy atom. The molecule has 0 saturated carbocycles. The van der Waals surface area contributed by atoms with E-state index in [-0.39, 0.29) is 5.82 Å². The lowest BCUT2D eigenvalue weighted by atomic mass is 10.1. The largest absolute Gasteiger partial charge is 0.366 e. The molecule has 0 spiro atoms. The third kappa shape index (κ3) is 3.11. The number of hydrogen-bond donors (Lipinski definition) is 0. The van der Waals surface area contributed by atoms with Crippen molar-refractivity contribution in [1.82, 2.24) is 0 Å². The molecule has 0 aliphatic heterocycles. The normalized spacial score (nSPS) is 9.95. The molecule has 0 bridgehead atoms. The fourth-order valence-corrected chi connectivity index (χ4v) is 2.04. The summed E-state index contributed by atoms with van der Waals surface area (Å²) in [5, 5.41) is 9.11. The van der Waals surface area contributed by atoms with E-state index < -0.39 is 0 Å². The Hall–Kier alpha value is -2.34. The molecule has 0 atom stereocenters. The highest BCUT2D eigenvalue weighted by Gasteiger charge is 2.11. The van der Waals surface area contributed by atoms with Crippen LogP contribution in [0, 0.1) is 17.1 Å². The van der Waals surface area contributed by atoms with E-state index in [1.54, 1.807) is 6.07 Å². The summed E-state index contributed by atoms with van der Waals surface area (Å²) < 4.78 is 13.2. The third-order valence-corrected chi connectivity index (χ3v) is 3.02. The van der Waals surface area contributed by atoms with Crippen molar-refractivity contribution in [3.05, 3.63) is 65.5 Å². The van der Waals surface area contributed by atoms with Gasteiger partial charge in [0.15, 0.2) is 0 Å². The van der Waals surface area contributed by atoms with Crippen molar-refractivity contribution in [2.24, 2.45) is 0 Å². The first kappa shape index (κ1) is 13.1. The van der Waals surface area contributed by atoms with Crippen molar-refractivity contribution in [3.8, 4) is 6.07 Å². The maximum absolute atomic E-state index is 13.2. The summed E-state index contributed by atoms with van der Waals surface area (Å²) in [5.41, 5.74) is 2.31. The molecule has 2 nitrogen and oxygen atoms in total. The van der Waals surface area contributed by atoms with Crippen molar-refractivity contribution in [2.45, 2.75) is 13.5 Å². The molecule has 0 aliphatic carbocycles. The Labute approximate surface area is 112 Å². The zero-order chi connectivity index (χ0) is 13.7. The number of rotatable bonds is 4. The molecule has 96 valence electrons. The first-order chi connectivity index (χ1) is 9.24. The van der Waals surface area contributed by atoms with Crippen molar-refractivity contribution >= 4 is 5.69 Å². The van der Waals surface area contributed by atoms with Crippen molar-refractivity contribution in [1.29, 1.82) is 5.26 Å². The molecule has 0 fully saturated rings. The van der Waals surface area contributed by atoms with Gasteiger partial charge in [-0.1, -0.05) is 30.3 Å².